The topological polar surface area (TPSA) is 24.5 Å². The minimum atomic E-state index is -1.07. The van der Waals surface area contributed by atoms with E-state index >= 15 is 0 Å². The molecule has 2 bridgehead atoms. The lowest BCUT2D eigenvalue weighted by Gasteiger charge is -2.13. The van der Waals surface area contributed by atoms with Crippen molar-refractivity contribution in [1.82, 2.24) is 0 Å². The van der Waals surface area contributed by atoms with Crippen molar-refractivity contribution in [3.05, 3.63) is 83.9 Å². The van der Waals surface area contributed by atoms with Crippen LogP contribution in [0.2, 0.25) is 0 Å². The summed E-state index contributed by atoms with van der Waals surface area (Å²) in [6.07, 6.45) is 4.17. The van der Waals surface area contributed by atoms with E-state index in [9.17, 15) is 0 Å². The van der Waals surface area contributed by atoms with E-state index in [2.05, 4.69) is 58.0 Å². The van der Waals surface area contributed by atoms with Gasteiger partial charge in [-0.3, -0.25) is 0 Å². The van der Waals surface area contributed by atoms with Crippen LogP contribution in [0.15, 0.2) is 72.8 Å². The second-order valence-electron chi connectivity index (χ2n) is 6.36. The molecule has 3 aromatic rings. The molecule has 3 aliphatic rings. The van der Waals surface area contributed by atoms with Crippen LogP contribution in [0, 0.1) is 0 Å². The minimum absolute atomic E-state index is 0.806. The Kier molecular flexibility index (Phi) is 2.26. The van der Waals surface area contributed by atoms with Crippen molar-refractivity contribution in [1.29, 1.82) is 0 Å². The zero-order chi connectivity index (χ0) is 16.4. The number of hydrogen-bond acceptors (Lipinski definition) is 2. The predicted octanol–water partition coefficient (Wildman–Crippen LogP) is 3.62. The van der Waals surface area contributed by atoms with Crippen molar-refractivity contribution >= 4 is 23.8 Å². The fourth-order valence-corrected chi connectivity index (χ4v) is 3.73. The minimum Gasteiger partial charge on any atom is -0.334 e. The van der Waals surface area contributed by atoms with E-state index in [-0.39, 0.29) is 0 Å². The molecule has 118 valence electrons. The number of hydrogen-bond donors (Lipinski definition) is 0. The Morgan fingerprint density at radius 3 is 1.68 bits per heavy atom. The monoisotopic (exact) mass is 326 g/mol. The van der Waals surface area contributed by atoms with E-state index in [1.165, 1.54) is 0 Å². The third-order valence-electron chi connectivity index (χ3n) is 4.81. The third kappa shape index (κ3) is 1.61. The quantitative estimate of drug-likeness (QED) is 0.589. The van der Waals surface area contributed by atoms with Gasteiger partial charge in [-0.05, 0) is 39.5 Å². The largest absolute Gasteiger partial charge is 0.715 e. The first-order chi connectivity index (χ1) is 12.3. The second-order valence-corrected chi connectivity index (χ2v) is 6.36. The van der Waals surface area contributed by atoms with Gasteiger partial charge < -0.3 is 9.47 Å². The third-order valence-corrected chi connectivity index (χ3v) is 4.81. The molecule has 0 radical (unpaired) electrons. The van der Waals surface area contributed by atoms with Crippen LogP contribution >= 0.6 is 0 Å². The fraction of sp³-hybridized carbons (Fsp3) is 0.0476. The second kappa shape index (κ2) is 4.36. The molecule has 0 atom stereocenters. The Morgan fingerprint density at radius 1 is 0.600 bits per heavy atom. The van der Waals surface area contributed by atoms with E-state index < -0.39 is 6.03 Å². The summed E-state index contributed by atoms with van der Waals surface area (Å²) in [6, 6.07) is 23.4. The van der Waals surface area contributed by atoms with Crippen LogP contribution in [0.4, 0.5) is 11.4 Å². The molecular weight excluding hydrogens is 312 g/mol. The van der Waals surface area contributed by atoms with Crippen LogP contribution in [-0.2, 0) is 0 Å². The van der Waals surface area contributed by atoms with Gasteiger partial charge in [-0.1, -0.05) is 30.3 Å². The molecule has 4 nitrogen and oxygen atoms in total. The fourth-order valence-electron chi connectivity index (χ4n) is 3.73. The summed E-state index contributed by atoms with van der Waals surface area (Å²) in [7, 11) is 0. The van der Waals surface area contributed by atoms with Crippen LogP contribution in [-0.4, -0.2) is 27.6 Å². The van der Waals surface area contributed by atoms with Gasteiger partial charge in [0.15, 0.2) is 12.4 Å². The van der Waals surface area contributed by atoms with E-state index in [1.807, 2.05) is 36.4 Å². The van der Waals surface area contributed by atoms with Crippen LogP contribution in [0.5, 0.6) is 11.5 Å². The van der Waals surface area contributed by atoms with Crippen molar-refractivity contribution in [2.75, 3.05) is 0 Å². The Balaban J connectivity index is 1.73. The molecule has 0 amide bonds. The molecule has 1 spiro atoms. The molecule has 3 aliphatic heterocycles. The lowest BCUT2D eigenvalue weighted by atomic mass is 10.1. The molecule has 0 saturated carbocycles. The highest BCUT2D eigenvalue weighted by atomic mass is 16.8. The summed E-state index contributed by atoms with van der Waals surface area (Å²) < 4.78 is 16.9. The Hall–Kier alpha value is -3.40. The number of nitrogens with zero attached hydrogens (tertiary/aromatic N) is 2. The number of rotatable bonds is 0. The van der Waals surface area contributed by atoms with Crippen molar-refractivity contribution in [3.63, 3.8) is 0 Å². The van der Waals surface area contributed by atoms with E-state index in [1.54, 1.807) is 0 Å². The molecule has 0 aromatic heterocycles. The zero-order valence-corrected chi connectivity index (χ0v) is 13.3. The summed E-state index contributed by atoms with van der Waals surface area (Å²) in [6.45, 7) is 0. The summed E-state index contributed by atoms with van der Waals surface area (Å²) in [5.74, 6) is 1.61. The van der Waals surface area contributed by atoms with Crippen molar-refractivity contribution in [2.45, 2.75) is 6.03 Å². The maximum absolute atomic E-state index is 6.39. The highest BCUT2D eigenvalue weighted by Crippen LogP contribution is 2.49. The summed E-state index contributed by atoms with van der Waals surface area (Å²) >= 11 is 0. The average molecular weight is 326 g/mol. The molecule has 0 aliphatic carbocycles. The molecule has 25 heavy (non-hydrogen) atoms. The predicted molar refractivity (Wildman–Crippen MR) is 93.5 cm³/mol. The molecule has 0 saturated heterocycles. The number of ether oxygens (including phenoxy) is 2. The van der Waals surface area contributed by atoms with Gasteiger partial charge in [0.25, 0.3) is 11.4 Å². The van der Waals surface area contributed by atoms with Crippen LogP contribution in [0.25, 0.3) is 0 Å². The van der Waals surface area contributed by atoms with Crippen molar-refractivity contribution < 1.29 is 18.6 Å². The molecule has 3 aromatic carbocycles. The van der Waals surface area contributed by atoms with Gasteiger partial charge >= 0.3 is 6.03 Å². The zero-order valence-electron chi connectivity index (χ0n) is 13.3. The standard InChI is InChI=1S/C21H14N2O2/c1-3-10-19-17(8-1)22-13-15-6-5-7-16(12-15)14-23-18-9-2-4-11-20(18)25-21(22,23)24-19/h1-14H/q+2. The number of para-hydroxylation sites is 4. The molecule has 0 unspecified atom stereocenters. The van der Waals surface area contributed by atoms with Crippen LogP contribution < -0.4 is 9.47 Å². The van der Waals surface area contributed by atoms with Gasteiger partial charge in [0.1, 0.15) is 0 Å². The Morgan fingerprint density at radius 2 is 1.12 bits per heavy atom. The van der Waals surface area contributed by atoms with Gasteiger partial charge in [0, 0.05) is 23.3 Å². The maximum Gasteiger partial charge on any atom is 0.715 e. The maximum atomic E-state index is 6.39. The summed E-state index contributed by atoms with van der Waals surface area (Å²) in [4.78, 5) is 0. The normalized spacial score (nSPS) is 21.3. The van der Waals surface area contributed by atoms with E-state index in [0.29, 0.717) is 0 Å². The summed E-state index contributed by atoms with van der Waals surface area (Å²) in [5, 5.41) is 0. The lowest BCUT2D eigenvalue weighted by Crippen LogP contribution is -2.53. The van der Waals surface area contributed by atoms with Crippen molar-refractivity contribution in [2.24, 2.45) is 0 Å². The smallest absolute Gasteiger partial charge is 0.334 e. The first-order valence-corrected chi connectivity index (χ1v) is 8.28. The van der Waals surface area contributed by atoms with Crippen LogP contribution in [0.3, 0.4) is 0 Å². The Bertz CT molecular complexity index is 1030. The lowest BCUT2D eigenvalue weighted by molar-refractivity contribution is -0.830. The van der Waals surface area contributed by atoms with E-state index in [4.69, 9.17) is 9.47 Å². The SMILES string of the molecule is C1=[N+]2c3ccccc3OC23Oc2ccccc2[N+]3=Cc2cccc1c2. The molecule has 6 rings (SSSR count). The molecular formula is C21H14N2O2+2. The molecule has 4 heteroatoms. The number of benzene rings is 3. The highest BCUT2D eigenvalue weighted by Gasteiger charge is 2.72. The summed E-state index contributed by atoms with van der Waals surface area (Å²) in [5.41, 5.74) is 4.18. The van der Waals surface area contributed by atoms with Crippen molar-refractivity contribution in [3.8, 4) is 11.5 Å². The van der Waals surface area contributed by atoms with Crippen LogP contribution in [0.1, 0.15) is 11.1 Å². The van der Waals surface area contributed by atoms with Gasteiger partial charge in [-0.2, -0.15) is 0 Å². The van der Waals surface area contributed by atoms with Gasteiger partial charge in [0.2, 0.25) is 11.5 Å². The molecule has 3 heterocycles. The first kappa shape index (κ1) is 13.0. The van der Waals surface area contributed by atoms with Gasteiger partial charge in [0.05, 0.1) is 0 Å². The highest BCUT2D eigenvalue weighted by molar-refractivity contribution is 5.85. The van der Waals surface area contributed by atoms with Gasteiger partial charge in [-0.15, -0.1) is 0 Å². The van der Waals surface area contributed by atoms with E-state index in [0.717, 1.165) is 34.0 Å². The molecule has 0 fully saturated rings. The molecule has 0 N–H and O–H groups in total. The average Bonchev–Trinajstić information content (AvgIpc) is 3.10. The number of fused-ring (bicyclic) bond motifs is 6. The Labute approximate surface area is 144 Å². The first-order valence-electron chi connectivity index (χ1n) is 8.28. The van der Waals surface area contributed by atoms with Gasteiger partial charge in [-0.25, -0.2) is 0 Å².